The summed E-state index contributed by atoms with van der Waals surface area (Å²) in [6.07, 6.45) is 1.54. The summed E-state index contributed by atoms with van der Waals surface area (Å²) in [5.41, 5.74) is 0.311. The van der Waals surface area contributed by atoms with Crippen molar-refractivity contribution < 1.29 is 22.4 Å². The Labute approximate surface area is 160 Å². The van der Waals surface area contributed by atoms with Crippen LogP contribution in [0, 0.1) is 21.0 Å². The predicted octanol–water partition coefficient (Wildman–Crippen LogP) is 4.93. The molecule has 0 atom stereocenters. The van der Waals surface area contributed by atoms with Crippen LogP contribution in [0.15, 0.2) is 47.0 Å². The number of carbonyl (C=O) groups is 1. The number of aromatic nitrogens is 1. The van der Waals surface area contributed by atoms with Crippen LogP contribution in [0.3, 0.4) is 0 Å². The molecule has 0 bridgehead atoms. The molecular weight excluding hydrogens is 460 g/mol. The van der Waals surface area contributed by atoms with Crippen LogP contribution in [0.2, 0.25) is 0 Å². The van der Waals surface area contributed by atoms with E-state index in [0.717, 1.165) is 12.1 Å². The topological polar surface area (TPSA) is 55.1 Å². The molecule has 0 saturated carbocycles. The Hall–Kier alpha value is -2.36. The van der Waals surface area contributed by atoms with Crippen molar-refractivity contribution in [3.8, 4) is 11.3 Å². The maximum absolute atomic E-state index is 13.7. The summed E-state index contributed by atoms with van der Waals surface area (Å²) in [5.74, 6) is -1.85. The third-order valence-corrected chi connectivity index (χ3v) is 4.56. The molecule has 2 aromatic carbocycles. The van der Waals surface area contributed by atoms with Crippen LogP contribution in [0.4, 0.5) is 18.9 Å². The van der Waals surface area contributed by atoms with E-state index >= 15 is 0 Å². The van der Waals surface area contributed by atoms with Crippen LogP contribution in [-0.4, -0.2) is 10.9 Å². The second kappa shape index (κ2) is 7.90. The van der Waals surface area contributed by atoms with Crippen LogP contribution in [0.5, 0.6) is 0 Å². The summed E-state index contributed by atoms with van der Waals surface area (Å²) in [6, 6.07) is 8.20. The van der Waals surface area contributed by atoms with Crippen LogP contribution in [-0.2, 0) is 11.2 Å². The molecule has 1 amide bonds. The van der Waals surface area contributed by atoms with Gasteiger partial charge in [0.05, 0.1) is 15.3 Å². The first-order chi connectivity index (χ1) is 12.4. The first kappa shape index (κ1) is 18.4. The number of amides is 1. The van der Waals surface area contributed by atoms with Gasteiger partial charge in [-0.25, -0.2) is 18.2 Å². The molecule has 0 unspecified atom stereocenters. The Morgan fingerprint density at radius 3 is 2.50 bits per heavy atom. The van der Waals surface area contributed by atoms with E-state index in [4.69, 9.17) is 4.42 Å². The zero-order valence-electron chi connectivity index (χ0n) is 13.2. The van der Waals surface area contributed by atoms with Crippen molar-refractivity contribution >= 4 is 34.2 Å². The number of anilines is 1. The smallest absolute Gasteiger partial charge is 0.224 e. The Kier molecular flexibility index (Phi) is 5.60. The molecule has 0 aliphatic rings. The van der Waals surface area contributed by atoms with Gasteiger partial charge < -0.3 is 9.73 Å². The zero-order valence-corrected chi connectivity index (χ0v) is 15.4. The van der Waals surface area contributed by atoms with Gasteiger partial charge in [-0.3, -0.25) is 4.79 Å². The van der Waals surface area contributed by atoms with Gasteiger partial charge in [-0.1, -0.05) is 12.1 Å². The molecule has 4 nitrogen and oxygen atoms in total. The lowest BCUT2D eigenvalue weighted by atomic mass is 10.2. The van der Waals surface area contributed by atoms with Crippen LogP contribution in [0.25, 0.3) is 11.3 Å². The molecule has 0 aliphatic carbocycles. The molecule has 3 aromatic rings. The van der Waals surface area contributed by atoms with E-state index in [1.807, 2.05) is 0 Å². The van der Waals surface area contributed by atoms with Gasteiger partial charge >= 0.3 is 0 Å². The summed E-state index contributed by atoms with van der Waals surface area (Å²) in [7, 11) is 0. The van der Waals surface area contributed by atoms with Crippen LogP contribution >= 0.6 is 22.6 Å². The van der Waals surface area contributed by atoms with Gasteiger partial charge in [0, 0.05) is 18.5 Å². The molecule has 0 radical (unpaired) electrons. The maximum atomic E-state index is 13.7. The van der Waals surface area contributed by atoms with Crippen molar-refractivity contribution in [2.45, 2.75) is 12.8 Å². The second-order valence-electron chi connectivity index (χ2n) is 5.40. The van der Waals surface area contributed by atoms with Gasteiger partial charge in [0.2, 0.25) is 5.91 Å². The molecule has 1 N–H and O–H groups in total. The number of aryl methyl sites for hydroxylation is 1. The van der Waals surface area contributed by atoms with E-state index in [-0.39, 0.29) is 39.3 Å². The summed E-state index contributed by atoms with van der Waals surface area (Å²) in [4.78, 5) is 16.0. The molecule has 0 saturated heterocycles. The van der Waals surface area contributed by atoms with Crippen molar-refractivity contribution in [3.05, 3.63) is 69.5 Å². The highest BCUT2D eigenvalue weighted by molar-refractivity contribution is 14.1. The van der Waals surface area contributed by atoms with E-state index in [2.05, 4.69) is 10.3 Å². The van der Waals surface area contributed by atoms with Crippen molar-refractivity contribution in [1.29, 1.82) is 0 Å². The molecule has 0 fully saturated rings. The minimum absolute atomic E-state index is 0.00749. The van der Waals surface area contributed by atoms with Gasteiger partial charge in [-0.15, -0.1) is 0 Å². The Morgan fingerprint density at radius 1 is 1.12 bits per heavy atom. The molecule has 1 heterocycles. The highest BCUT2D eigenvalue weighted by Gasteiger charge is 2.13. The number of halogens is 4. The monoisotopic (exact) mass is 472 g/mol. The molecule has 3 rings (SSSR count). The number of hydrogen-bond donors (Lipinski definition) is 1. The van der Waals surface area contributed by atoms with E-state index in [1.54, 1.807) is 40.8 Å². The van der Waals surface area contributed by atoms with Crippen molar-refractivity contribution in [2.24, 2.45) is 0 Å². The standard InChI is InChI=1S/C18H12F3IN2O2/c19-12-4-2-1-3-11(12)15-9-23-17(26-15)6-5-16(25)24-10-7-13(20)18(22)14(21)8-10/h1-4,7-9H,5-6H2,(H,24,25). The zero-order chi connectivity index (χ0) is 18.7. The van der Waals surface area contributed by atoms with Gasteiger partial charge in [-0.05, 0) is 46.9 Å². The molecular formula is C18H12F3IN2O2. The minimum atomic E-state index is -0.747. The van der Waals surface area contributed by atoms with Crippen LogP contribution in [0.1, 0.15) is 12.3 Å². The number of oxazole rings is 1. The molecule has 1 aromatic heterocycles. The summed E-state index contributed by atoms with van der Waals surface area (Å²) >= 11 is 1.54. The quantitative estimate of drug-likeness (QED) is 0.423. The van der Waals surface area contributed by atoms with Crippen molar-refractivity contribution in [2.75, 3.05) is 5.32 Å². The highest BCUT2D eigenvalue weighted by Crippen LogP contribution is 2.24. The third-order valence-electron chi connectivity index (χ3n) is 3.53. The third kappa shape index (κ3) is 4.24. The highest BCUT2D eigenvalue weighted by atomic mass is 127. The lowest BCUT2D eigenvalue weighted by Crippen LogP contribution is -2.13. The summed E-state index contributed by atoms with van der Waals surface area (Å²) in [6.45, 7) is 0. The fourth-order valence-corrected chi connectivity index (χ4v) is 2.59. The second-order valence-corrected chi connectivity index (χ2v) is 6.48. The fourth-order valence-electron chi connectivity index (χ4n) is 2.28. The lowest BCUT2D eigenvalue weighted by Gasteiger charge is -2.06. The number of nitrogens with one attached hydrogen (secondary N) is 1. The Bertz CT molecular complexity index is 936. The van der Waals surface area contributed by atoms with Crippen LogP contribution < -0.4 is 5.32 Å². The van der Waals surface area contributed by atoms with Gasteiger partial charge in [0.1, 0.15) is 17.5 Å². The SMILES string of the molecule is O=C(CCc1ncc(-c2ccccc2F)o1)Nc1cc(F)c(I)c(F)c1. The molecule has 134 valence electrons. The predicted molar refractivity (Wildman–Crippen MR) is 97.9 cm³/mol. The van der Waals surface area contributed by atoms with E-state index in [9.17, 15) is 18.0 Å². The number of rotatable bonds is 5. The average Bonchev–Trinajstić information content (AvgIpc) is 3.07. The fraction of sp³-hybridized carbons (Fsp3) is 0.111. The average molecular weight is 472 g/mol. The molecule has 26 heavy (non-hydrogen) atoms. The van der Waals surface area contributed by atoms with Gasteiger partial charge in [0.15, 0.2) is 11.7 Å². The number of hydrogen-bond acceptors (Lipinski definition) is 3. The number of carbonyl (C=O) groups excluding carboxylic acids is 1. The minimum Gasteiger partial charge on any atom is -0.441 e. The lowest BCUT2D eigenvalue weighted by molar-refractivity contribution is -0.116. The molecule has 8 heteroatoms. The maximum Gasteiger partial charge on any atom is 0.224 e. The Morgan fingerprint density at radius 2 is 1.81 bits per heavy atom. The Balaban J connectivity index is 1.61. The molecule has 0 spiro atoms. The first-order valence-corrected chi connectivity index (χ1v) is 8.66. The first-order valence-electron chi connectivity index (χ1n) is 7.58. The van der Waals surface area contributed by atoms with Crippen molar-refractivity contribution in [3.63, 3.8) is 0 Å². The molecule has 0 aliphatic heterocycles. The summed E-state index contributed by atoms with van der Waals surface area (Å²) < 4.78 is 46.0. The number of benzene rings is 2. The van der Waals surface area contributed by atoms with Gasteiger partial charge in [0.25, 0.3) is 0 Å². The number of nitrogens with zero attached hydrogens (tertiary/aromatic N) is 1. The van der Waals surface area contributed by atoms with Crippen molar-refractivity contribution in [1.82, 2.24) is 4.98 Å². The van der Waals surface area contributed by atoms with E-state index in [1.165, 1.54) is 12.3 Å². The normalized spacial score (nSPS) is 10.8. The van der Waals surface area contributed by atoms with E-state index < -0.39 is 23.4 Å². The summed E-state index contributed by atoms with van der Waals surface area (Å²) in [5, 5.41) is 2.42. The van der Waals surface area contributed by atoms with E-state index in [0.29, 0.717) is 0 Å². The van der Waals surface area contributed by atoms with Gasteiger partial charge in [-0.2, -0.15) is 0 Å². The largest absolute Gasteiger partial charge is 0.441 e.